The highest BCUT2D eigenvalue weighted by atomic mass is 32.2. The van der Waals surface area contributed by atoms with E-state index in [0.29, 0.717) is 35.9 Å². The van der Waals surface area contributed by atoms with E-state index in [-0.39, 0.29) is 34.5 Å². The molecule has 5 heterocycles. The number of carbonyl (C=O) groups is 1. The van der Waals surface area contributed by atoms with Gasteiger partial charge in [0.05, 0.1) is 28.9 Å². The maximum absolute atomic E-state index is 14.0. The number of nitrogens with zero attached hydrogens (tertiary/aromatic N) is 6. The highest BCUT2D eigenvalue weighted by molar-refractivity contribution is 7.92. The monoisotopic (exact) mass is 966 g/mol. The second-order valence-corrected chi connectivity index (χ2v) is 24.0. The number of benzene rings is 2. The van der Waals surface area contributed by atoms with Gasteiger partial charge in [-0.2, -0.15) is 0 Å². The van der Waals surface area contributed by atoms with Crippen molar-refractivity contribution in [3.63, 3.8) is 0 Å². The van der Waals surface area contributed by atoms with E-state index in [1.54, 1.807) is 43.0 Å². The summed E-state index contributed by atoms with van der Waals surface area (Å²) in [6.45, 7) is 9.55. The van der Waals surface area contributed by atoms with Crippen LogP contribution in [-0.4, -0.2) is 107 Å². The molecule has 2 saturated heterocycles. The second-order valence-electron chi connectivity index (χ2n) is 19.7. The smallest absolute Gasteiger partial charge is 0.312 e. The number of piperidine rings is 1. The summed E-state index contributed by atoms with van der Waals surface area (Å²) in [6, 6.07) is 19.5. The number of ether oxygens (including phenoxy) is 1. The van der Waals surface area contributed by atoms with E-state index < -0.39 is 41.2 Å². The molecule has 0 radical (unpaired) electrons. The molecule has 4 fully saturated rings. The highest BCUT2D eigenvalue weighted by Gasteiger charge is 2.49. The first-order valence-electron chi connectivity index (χ1n) is 23.7. The normalized spacial score (nSPS) is 21.4. The van der Waals surface area contributed by atoms with Crippen LogP contribution in [0.3, 0.4) is 0 Å². The number of H-pyrrole nitrogens is 1. The first-order chi connectivity index (χ1) is 32.5. The van der Waals surface area contributed by atoms with Crippen LogP contribution < -0.4 is 25.0 Å². The Kier molecular flexibility index (Phi) is 13.5. The molecule has 1 atom stereocenters. The summed E-state index contributed by atoms with van der Waals surface area (Å²) < 4.78 is 52.6. The van der Waals surface area contributed by atoms with Crippen molar-refractivity contribution in [2.75, 3.05) is 62.0 Å². The fourth-order valence-electron chi connectivity index (χ4n) is 10.8. The van der Waals surface area contributed by atoms with E-state index in [1.165, 1.54) is 17.3 Å². The summed E-state index contributed by atoms with van der Waals surface area (Å²) >= 11 is 0. The summed E-state index contributed by atoms with van der Waals surface area (Å²) in [5, 5.41) is 19.7. The molecule has 0 unspecified atom stereocenters. The SMILES string of the molecule is CC(C)c1ccccc1[C@@H]1CNCCN1C1CC2(CCN(c3ccc(C(=O)NS(=O)(=O)c4cnc(NCC5CCC(N=S(C)(C)=O)CC5)c([N+](=O)[O-])c4)c(Oc4cnc5[nH]ccc5c4)c3)CC2)C1. The van der Waals surface area contributed by atoms with Gasteiger partial charge in [-0.05, 0) is 104 Å². The molecule has 3 aromatic heterocycles. The average molecular weight is 967 g/mol. The van der Waals surface area contributed by atoms with Crippen LogP contribution in [0, 0.1) is 21.4 Å². The molecule has 2 aromatic carbocycles. The number of nitrogens with one attached hydrogen (secondary N) is 4. The summed E-state index contributed by atoms with van der Waals surface area (Å²) in [7, 11) is -6.85. The Hall–Kier alpha value is -5.63. The van der Waals surface area contributed by atoms with Gasteiger partial charge < -0.3 is 25.3 Å². The van der Waals surface area contributed by atoms with Crippen molar-refractivity contribution >= 4 is 53.9 Å². The highest BCUT2D eigenvalue weighted by Crippen LogP contribution is 2.53. The number of hydrogen-bond acceptors (Lipinski definition) is 14. The molecule has 17 nitrogen and oxygen atoms in total. The van der Waals surface area contributed by atoms with Crippen molar-refractivity contribution in [2.45, 2.75) is 94.2 Å². The topological polar surface area (TPSA) is 217 Å². The number of nitro groups is 1. The fourth-order valence-corrected chi connectivity index (χ4v) is 12.7. The van der Waals surface area contributed by atoms with Gasteiger partial charge in [0.1, 0.15) is 22.0 Å². The average Bonchev–Trinajstić information content (AvgIpc) is 3.78. The quantitative estimate of drug-likeness (QED) is 0.0614. The molecule has 2 saturated carbocycles. The minimum absolute atomic E-state index is 0.0202. The van der Waals surface area contributed by atoms with Crippen molar-refractivity contribution in [1.29, 1.82) is 0 Å². The zero-order chi connectivity index (χ0) is 47.8. The zero-order valence-electron chi connectivity index (χ0n) is 39.1. The summed E-state index contributed by atoms with van der Waals surface area (Å²) in [6.07, 6.45) is 15.0. The van der Waals surface area contributed by atoms with Crippen LogP contribution in [0.4, 0.5) is 17.2 Å². The number of sulfonamides is 1. The number of fused-ring (bicyclic) bond motifs is 1. The molecule has 4 N–H and O–H groups in total. The summed E-state index contributed by atoms with van der Waals surface area (Å²) in [4.78, 5) is 41.7. The Bertz CT molecular complexity index is 2900. The van der Waals surface area contributed by atoms with E-state index in [1.807, 2.05) is 6.07 Å². The molecule has 68 heavy (non-hydrogen) atoms. The minimum Gasteiger partial charge on any atom is -0.455 e. The van der Waals surface area contributed by atoms with Crippen LogP contribution in [0.15, 0.2) is 88.5 Å². The van der Waals surface area contributed by atoms with E-state index in [4.69, 9.17) is 4.74 Å². The third-order valence-corrected chi connectivity index (χ3v) is 16.5. The van der Waals surface area contributed by atoms with Gasteiger partial charge in [0.25, 0.3) is 15.9 Å². The van der Waals surface area contributed by atoms with E-state index in [2.05, 4.69) is 82.6 Å². The molecule has 2 aliphatic heterocycles. The van der Waals surface area contributed by atoms with E-state index in [9.17, 15) is 27.5 Å². The lowest BCUT2D eigenvalue weighted by atomic mass is 9.59. The Balaban J connectivity index is 0.884. The third kappa shape index (κ3) is 10.5. The molecule has 9 rings (SSSR count). The predicted molar refractivity (Wildman–Crippen MR) is 265 cm³/mol. The van der Waals surface area contributed by atoms with Crippen molar-refractivity contribution in [3.8, 4) is 11.5 Å². The molecular formula is C49H62N10O7S2. The van der Waals surface area contributed by atoms with Crippen LogP contribution in [0.25, 0.3) is 11.0 Å². The molecule has 0 bridgehead atoms. The van der Waals surface area contributed by atoms with Crippen molar-refractivity contribution in [3.05, 3.63) is 106 Å². The lowest BCUT2D eigenvalue weighted by Gasteiger charge is -2.57. The Morgan fingerprint density at radius 2 is 1.75 bits per heavy atom. The van der Waals surface area contributed by atoms with Crippen molar-refractivity contribution in [1.82, 2.24) is 29.9 Å². The molecular weight excluding hydrogens is 905 g/mol. The number of rotatable bonds is 14. The lowest BCUT2D eigenvalue weighted by molar-refractivity contribution is -0.384. The van der Waals surface area contributed by atoms with Gasteiger partial charge in [-0.25, -0.2) is 27.5 Å². The zero-order valence-corrected chi connectivity index (χ0v) is 40.8. The summed E-state index contributed by atoms with van der Waals surface area (Å²) in [5.74, 6) is 0.0668. The van der Waals surface area contributed by atoms with Crippen molar-refractivity contribution in [2.24, 2.45) is 15.7 Å². The van der Waals surface area contributed by atoms with Gasteiger partial charge in [-0.15, -0.1) is 0 Å². The maximum Gasteiger partial charge on any atom is 0.312 e. The van der Waals surface area contributed by atoms with Crippen LogP contribution in [0.5, 0.6) is 11.5 Å². The van der Waals surface area contributed by atoms with Crippen LogP contribution in [0.2, 0.25) is 0 Å². The summed E-state index contributed by atoms with van der Waals surface area (Å²) in [5.41, 5.74) is 4.04. The Labute approximate surface area is 398 Å². The first kappa shape index (κ1) is 47.4. The van der Waals surface area contributed by atoms with Crippen LogP contribution in [-0.2, 0) is 19.8 Å². The molecule has 5 aromatic rings. The number of aromatic nitrogens is 3. The number of hydrogen-bond donors (Lipinski definition) is 4. The lowest BCUT2D eigenvalue weighted by Crippen LogP contribution is -2.59. The number of piperazine rings is 1. The van der Waals surface area contributed by atoms with Gasteiger partial charge in [0.15, 0.2) is 0 Å². The number of anilines is 2. The molecule has 1 spiro atoms. The molecule has 362 valence electrons. The maximum atomic E-state index is 14.0. The van der Waals surface area contributed by atoms with Gasteiger partial charge >= 0.3 is 5.69 Å². The number of amides is 1. The predicted octanol–water partition coefficient (Wildman–Crippen LogP) is 7.99. The third-order valence-electron chi connectivity index (χ3n) is 14.4. The van der Waals surface area contributed by atoms with Crippen LogP contribution >= 0.6 is 0 Å². The number of aromatic amines is 1. The standard InChI is InChI=1S/C49H62N10O7S2/c1-32(2)40-7-5-6-8-41(40)44-31-50-19-22-58(44)37-26-49(27-37)16-20-57(21-17-49)36-13-14-42(45(24-36)66-38-23-34-15-18-51-46(34)53-29-38)48(60)56-68(64,65)39-25-43(59(61)62)47(54-30-39)52-28-33-9-11-35(12-10-33)55-67(3,4)63/h5-8,13-15,18,23-25,29-30,32-33,35,37,44,50H,9-12,16-17,19-22,26-28,31H2,1-4H3,(H,51,53)(H,52,54)(H,56,60)/t33?,35?,44-/m0/s1. The van der Waals surface area contributed by atoms with Crippen molar-refractivity contribution < 1.29 is 27.1 Å². The largest absolute Gasteiger partial charge is 0.455 e. The molecule has 1 amide bonds. The van der Waals surface area contributed by atoms with Crippen LogP contribution in [0.1, 0.15) is 98.7 Å². The molecule has 4 aliphatic rings. The van der Waals surface area contributed by atoms with Gasteiger partial charge in [0.2, 0.25) is 5.82 Å². The molecule has 19 heteroatoms. The second kappa shape index (κ2) is 19.4. The van der Waals surface area contributed by atoms with Gasteiger partial charge in [-0.1, -0.05) is 38.1 Å². The number of carbonyl (C=O) groups excluding carboxylic acids is 1. The van der Waals surface area contributed by atoms with E-state index >= 15 is 0 Å². The Morgan fingerprint density at radius 1 is 0.985 bits per heavy atom. The fraction of sp³-hybridized carbons (Fsp3) is 0.490. The van der Waals surface area contributed by atoms with Gasteiger partial charge in [0, 0.05) is 103 Å². The Morgan fingerprint density at radius 3 is 2.49 bits per heavy atom. The minimum atomic E-state index is -4.64. The number of pyridine rings is 2. The molecule has 2 aliphatic carbocycles. The van der Waals surface area contributed by atoms with E-state index in [0.717, 1.165) is 107 Å². The van der Waals surface area contributed by atoms with Gasteiger partial charge in [-0.3, -0.25) is 24.0 Å². The first-order valence-corrected chi connectivity index (χ1v) is 27.5.